The van der Waals surface area contributed by atoms with Gasteiger partial charge in [-0.1, -0.05) is 53.7 Å². The SMILES string of the molecule is CC(C)(C)c1cc(C=CC(=O)N2CCN(CCc3ccc(C(=O)O)cc3)CC2)cc(C(C)(C)C)c1O. The maximum absolute atomic E-state index is 12.9. The third-order valence-electron chi connectivity index (χ3n) is 6.77. The van der Waals surface area contributed by atoms with E-state index in [2.05, 4.69) is 46.4 Å². The molecule has 1 heterocycles. The molecule has 6 nitrogen and oxygen atoms in total. The van der Waals surface area contributed by atoms with Gasteiger partial charge in [0.2, 0.25) is 5.91 Å². The van der Waals surface area contributed by atoms with Crippen LogP contribution in [-0.4, -0.2) is 64.6 Å². The van der Waals surface area contributed by atoms with E-state index in [0.29, 0.717) is 24.4 Å². The minimum absolute atomic E-state index is 0.00148. The number of carbonyl (C=O) groups is 2. The van der Waals surface area contributed by atoms with Gasteiger partial charge in [0.05, 0.1) is 5.56 Å². The fourth-order valence-electron chi connectivity index (χ4n) is 4.46. The second-order valence-corrected chi connectivity index (χ2v) is 11.7. The van der Waals surface area contributed by atoms with Gasteiger partial charge < -0.3 is 15.1 Å². The molecular formula is C30H40N2O4. The number of hydrogen-bond donors (Lipinski definition) is 2. The van der Waals surface area contributed by atoms with Gasteiger partial charge >= 0.3 is 5.97 Å². The number of amides is 1. The Kier molecular flexibility index (Phi) is 8.29. The molecule has 1 amide bonds. The van der Waals surface area contributed by atoms with Crippen molar-refractivity contribution in [2.45, 2.75) is 58.8 Å². The van der Waals surface area contributed by atoms with Gasteiger partial charge in [0.15, 0.2) is 0 Å². The van der Waals surface area contributed by atoms with Crippen LogP contribution in [0.25, 0.3) is 6.08 Å². The topological polar surface area (TPSA) is 81.1 Å². The molecule has 0 saturated carbocycles. The standard InChI is InChI=1S/C30H40N2O4/c1-29(2,3)24-19-22(20-25(27(24)34)30(4,5)6)9-12-26(33)32-17-15-31(16-18-32)14-13-21-7-10-23(11-8-21)28(35)36/h7-12,19-20,34H,13-18H2,1-6H3,(H,35,36). The number of carboxylic acid groups (broad SMARTS) is 1. The lowest BCUT2D eigenvalue weighted by atomic mass is 9.78. The number of benzene rings is 2. The Morgan fingerprint density at radius 2 is 1.42 bits per heavy atom. The van der Waals surface area contributed by atoms with E-state index in [9.17, 15) is 14.7 Å². The summed E-state index contributed by atoms with van der Waals surface area (Å²) in [5.41, 5.74) is 3.67. The number of carbonyl (C=O) groups excluding carboxylic acids is 1. The van der Waals surface area contributed by atoms with Gasteiger partial charge in [-0.3, -0.25) is 9.69 Å². The van der Waals surface area contributed by atoms with Crippen molar-refractivity contribution in [2.75, 3.05) is 32.7 Å². The van der Waals surface area contributed by atoms with Crippen LogP contribution >= 0.6 is 0 Å². The summed E-state index contributed by atoms with van der Waals surface area (Å²) in [4.78, 5) is 28.1. The summed E-state index contributed by atoms with van der Waals surface area (Å²) in [7, 11) is 0. The van der Waals surface area contributed by atoms with Gasteiger partial charge in [0, 0.05) is 49.9 Å². The van der Waals surface area contributed by atoms with E-state index in [-0.39, 0.29) is 16.7 Å². The van der Waals surface area contributed by atoms with Gasteiger partial charge in [-0.25, -0.2) is 4.79 Å². The van der Waals surface area contributed by atoms with Crippen molar-refractivity contribution >= 4 is 18.0 Å². The highest BCUT2D eigenvalue weighted by molar-refractivity contribution is 5.92. The van der Waals surface area contributed by atoms with E-state index in [1.54, 1.807) is 18.2 Å². The maximum Gasteiger partial charge on any atom is 0.335 e. The van der Waals surface area contributed by atoms with Crippen molar-refractivity contribution in [2.24, 2.45) is 0 Å². The highest BCUT2D eigenvalue weighted by atomic mass is 16.4. The first-order chi connectivity index (χ1) is 16.8. The molecule has 1 saturated heterocycles. The predicted octanol–water partition coefficient (Wildman–Crippen LogP) is 5.09. The molecular weight excluding hydrogens is 452 g/mol. The molecule has 1 fully saturated rings. The molecule has 0 spiro atoms. The average molecular weight is 493 g/mol. The van der Waals surface area contributed by atoms with Crippen molar-refractivity contribution in [3.8, 4) is 5.75 Å². The Balaban J connectivity index is 1.59. The summed E-state index contributed by atoms with van der Waals surface area (Å²) < 4.78 is 0. The fraction of sp³-hybridized carbons (Fsp3) is 0.467. The molecule has 0 aromatic heterocycles. The lowest BCUT2D eigenvalue weighted by molar-refractivity contribution is -0.127. The summed E-state index contributed by atoms with van der Waals surface area (Å²) in [5.74, 6) is -0.569. The first-order valence-electron chi connectivity index (χ1n) is 12.7. The molecule has 36 heavy (non-hydrogen) atoms. The largest absolute Gasteiger partial charge is 0.507 e. The van der Waals surface area contributed by atoms with Crippen LogP contribution in [0.3, 0.4) is 0 Å². The van der Waals surface area contributed by atoms with Crippen molar-refractivity contribution in [3.63, 3.8) is 0 Å². The monoisotopic (exact) mass is 492 g/mol. The number of carboxylic acids is 1. The number of rotatable bonds is 6. The molecule has 2 aromatic carbocycles. The summed E-state index contributed by atoms with van der Waals surface area (Å²) >= 11 is 0. The van der Waals surface area contributed by atoms with Crippen LogP contribution in [-0.2, 0) is 22.0 Å². The van der Waals surface area contributed by atoms with E-state index in [0.717, 1.165) is 48.3 Å². The number of nitrogens with zero attached hydrogens (tertiary/aromatic N) is 2. The first-order valence-corrected chi connectivity index (χ1v) is 12.7. The predicted molar refractivity (Wildman–Crippen MR) is 145 cm³/mol. The van der Waals surface area contributed by atoms with Crippen LogP contribution in [0.15, 0.2) is 42.5 Å². The Labute approximate surface area is 215 Å². The minimum atomic E-state index is -0.911. The summed E-state index contributed by atoms with van der Waals surface area (Å²) in [6.07, 6.45) is 4.35. The van der Waals surface area contributed by atoms with Crippen LogP contribution in [0.1, 0.15) is 74.2 Å². The number of aromatic hydroxyl groups is 1. The van der Waals surface area contributed by atoms with Crippen molar-refractivity contribution in [3.05, 3.63) is 70.3 Å². The van der Waals surface area contributed by atoms with Crippen LogP contribution < -0.4 is 0 Å². The minimum Gasteiger partial charge on any atom is -0.507 e. The van der Waals surface area contributed by atoms with E-state index in [4.69, 9.17) is 5.11 Å². The lowest BCUT2D eigenvalue weighted by Gasteiger charge is -2.34. The molecule has 2 aromatic rings. The van der Waals surface area contributed by atoms with Crippen molar-refractivity contribution in [1.82, 2.24) is 9.80 Å². The molecule has 194 valence electrons. The average Bonchev–Trinajstić information content (AvgIpc) is 2.81. The number of aromatic carboxylic acids is 1. The molecule has 1 aliphatic heterocycles. The normalized spacial score (nSPS) is 15.4. The van der Waals surface area contributed by atoms with E-state index >= 15 is 0 Å². The smallest absolute Gasteiger partial charge is 0.335 e. The van der Waals surface area contributed by atoms with E-state index in [1.807, 2.05) is 35.2 Å². The Morgan fingerprint density at radius 3 is 1.89 bits per heavy atom. The lowest BCUT2D eigenvalue weighted by Crippen LogP contribution is -2.48. The molecule has 0 bridgehead atoms. The Hall–Kier alpha value is -3.12. The Morgan fingerprint density at radius 1 is 0.889 bits per heavy atom. The number of piperazine rings is 1. The second kappa shape index (κ2) is 10.9. The van der Waals surface area contributed by atoms with Crippen LogP contribution in [0.5, 0.6) is 5.75 Å². The second-order valence-electron chi connectivity index (χ2n) is 11.7. The van der Waals surface area contributed by atoms with Gasteiger partial charge in [-0.15, -0.1) is 0 Å². The highest BCUT2D eigenvalue weighted by Crippen LogP contribution is 2.40. The summed E-state index contributed by atoms with van der Waals surface area (Å²) in [5, 5.41) is 19.9. The molecule has 6 heteroatoms. The highest BCUT2D eigenvalue weighted by Gasteiger charge is 2.26. The fourth-order valence-corrected chi connectivity index (χ4v) is 4.46. The molecule has 0 atom stereocenters. The Bertz CT molecular complexity index is 1080. The van der Waals surface area contributed by atoms with Gasteiger partial charge in [0.1, 0.15) is 5.75 Å². The number of phenols is 1. The third-order valence-corrected chi connectivity index (χ3v) is 6.77. The number of phenolic OH excluding ortho intramolecular Hbond substituents is 1. The van der Waals surface area contributed by atoms with Crippen LogP contribution in [0.2, 0.25) is 0 Å². The van der Waals surface area contributed by atoms with Crippen molar-refractivity contribution in [1.29, 1.82) is 0 Å². The third kappa shape index (κ3) is 6.97. The van der Waals surface area contributed by atoms with Gasteiger partial charge in [-0.2, -0.15) is 0 Å². The molecule has 3 rings (SSSR count). The molecule has 2 N–H and O–H groups in total. The molecule has 0 aliphatic carbocycles. The number of hydrogen-bond acceptors (Lipinski definition) is 4. The zero-order chi connectivity index (χ0) is 26.7. The summed E-state index contributed by atoms with van der Waals surface area (Å²) in [6.45, 7) is 16.3. The molecule has 0 radical (unpaired) electrons. The zero-order valence-electron chi connectivity index (χ0n) is 22.5. The summed E-state index contributed by atoms with van der Waals surface area (Å²) in [6, 6.07) is 11.0. The maximum atomic E-state index is 12.9. The van der Waals surface area contributed by atoms with Crippen LogP contribution in [0.4, 0.5) is 0 Å². The van der Waals surface area contributed by atoms with Gasteiger partial charge in [0.25, 0.3) is 0 Å². The van der Waals surface area contributed by atoms with Crippen molar-refractivity contribution < 1.29 is 19.8 Å². The van der Waals surface area contributed by atoms with Gasteiger partial charge in [-0.05, 0) is 58.7 Å². The van der Waals surface area contributed by atoms with Crippen LogP contribution in [0, 0.1) is 0 Å². The molecule has 1 aliphatic rings. The quantitative estimate of drug-likeness (QED) is 0.550. The zero-order valence-corrected chi connectivity index (χ0v) is 22.5. The first kappa shape index (κ1) is 27.5. The van der Waals surface area contributed by atoms with E-state index in [1.165, 1.54) is 0 Å². The molecule has 0 unspecified atom stereocenters. The van der Waals surface area contributed by atoms with E-state index < -0.39 is 5.97 Å².